The summed E-state index contributed by atoms with van der Waals surface area (Å²) in [6.45, 7) is 1.23. The van der Waals surface area contributed by atoms with E-state index in [1.54, 1.807) is 13.2 Å². The number of ether oxygens (including phenoxy) is 1. The Morgan fingerprint density at radius 1 is 1.20 bits per heavy atom. The molecule has 2 aromatic heterocycles. The monoisotopic (exact) mass is 417 g/mol. The number of carbonyl (C=O) groups excluding carboxylic acids is 1. The second-order valence-corrected chi connectivity index (χ2v) is 7.54. The number of pyridine rings is 1. The molecule has 5 nitrogen and oxygen atoms in total. The highest BCUT2D eigenvalue weighted by molar-refractivity contribution is 5.79. The summed E-state index contributed by atoms with van der Waals surface area (Å²) in [7, 11) is 1.59. The number of likely N-dealkylation sites (tertiary alicyclic amines) is 1. The molecule has 3 heterocycles. The van der Waals surface area contributed by atoms with Crippen LogP contribution in [0.25, 0.3) is 11.0 Å². The number of benzene rings is 1. The molecule has 158 valence electrons. The molecule has 8 heteroatoms. The first-order valence-electron chi connectivity index (χ1n) is 9.81. The van der Waals surface area contributed by atoms with E-state index in [1.165, 1.54) is 6.07 Å². The molecule has 1 amide bonds. The molecule has 1 aliphatic rings. The first-order chi connectivity index (χ1) is 14.3. The van der Waals surface area contributed by atoms with Gasteiger partial charge in [0.05, 0.1) is 24.6 Å². The van der Waals surface area contributed by atoms with Crippen LogP contribution in [0.15, 0.2) is 42.5 Å². The van der Waals surface area contributed by atoms with E-state index in [1.807, 2.05) is 29.2 Å². The lowest BCUT2D eigenvalue weighted by atomic mass is 9.93. The summed E-state index contributed by atoms with van der Waals surface area (Å²) in [5.41, 5.74) is 1.80. The summed E-state index contributed by atoms with van der Waals surface area (Å²) >= 11 is 0. The maximum atomic E-state index is 12.9. The maximum Gasteiger partial charge on any atom is 0.433 e. The number of H-pyrrole nitrogens is 1. The van der Waals surface area contributed by atoms with E-state index >= 15 is 0 Å². The molecule has 0 atom stereocenters. The molecule has 0 saturated carbocycles. The van der Waals surface area contributed by atoms with Crippen molar-refractivity contribution in [3.63, 3.8) is 0 Å². The molecule has 0 spiro atoms. The fraction of sp³-hybridized carbons (Fsp3) is 0.364. The van der Waals surface area contributed by atoms with Gasteiger partial charge in [-0.1, -0.05) is 12.1 Å². The molecule has 4 rings (SSSR count). The third-order valence-corrected chi connectivity index (χ3v) is 5.56. The highest BCUT2D eigenvalue weighted by Crippen LogP contribution is 2.32. The van der Waals surface area contributed by atoms with Crippen molar-refractivity contribution in [2.75, 3.05) is 20.2 Å². The van der Waals surface area contributed by atoms with Gasteiger partial charge in [0, 0.05) is 24.7 Å². The number of fused-ring (bicyclic) bond motifs is 1. The summed E-state index contributed by atoms with van der Waals surface area (Å²) in [6.07, 6.45) is -2.63. The van der Waals surface area contributed by atoms with Crippen LogP contribution in [0.5, 0.6) is 5.75 Å². The van der Waals surface area contributed by atoms with E-state index in [4.69, 9.17) is 4.74 Å². The highest BCUT2D eigenvalue weighted by atomic mass is 19.4. The van der Waals surface area contributed by atoms with Gasteiger partial charge >= 0.3 is 6.18 Å². The first kappa shape index (κ1) is 20.3. The van der Waals surface area contributed by atoms with Crippen LogP contribution in [-0.2, 0) is 17.4 Å². The van der Waals surface area contributed by atoms with Crippen LogP contribution in [0.4, 0.5) is 13.2 Å². The van der Waals surface area contributed by atoms with Crippen molar-refractivity contribution < 1.29 is 22.7 Å². The van der Waals surface area contributed by atoms with Crippen molar-refractivity contribution in [3.8, 4) is 5.75 Å². The van der Waals surface area contributed by atoms with E-state index in [-0.39, 0.29) is 11.8 Å². The number of aromatic nitrogens is 2. The van der Waals surface area contributed by atoms with Gasteiger partial charge in [-0.25, -0.2) is 4.98 Å². The summed E-state index contributed by atoms with van der Waals surface area (Å²) in [5, 5.41) is 0. The highest BCUT2D eigenvalue weighted by Gasteiger charge is 2.33. The Bertz CT molecular complexity index is 1050. The minimum Gasteiger partial charge on any atom is -0.497 e. The topological polar surface area (TPSA) is 58.2 Å². The van der Waals surface area contributed by atoms with Gasteiger partial charge in [0.1, 0.15) is 11.4 Å². The Morgan fingerprint density at radius 2 is 1.97 bits per heavy atom. The minimum atomic E-state index is -4.46. The van der Waals surface area contributed by atoms with E-state index in [9.17, 15) is 18.0 Å². The predicted molar refractivity (Wildman–Crippen MR) is 106 cm³/mol. The van der Waals surface area contributed by atoms with E-state index in [0.29, 0.717) is 30.5 Å². The molecule has 1 fully saturated rings. The molecule has 0 bridgehead atoms. The van der Waals surface area contributed by atoms with E-state index < -0.39 is 11.9 Å². The Morgan fingerprint density at radius 3 is 2.67 bits per heavy atom. The summed E-state index contributed by atoms with van der Waals surface area (Å²) < 4.78 is 43.8. The molecule has 1 N–H and O–H groups in total. The summed E-state index contributed by atoms with van der Waals surface area (Å²) in [5.74, 6) is 0.948. The van der Waals surface area contributed by atoms with E-state index in [0.717, 1.165) is 35.9 Å². The Kier molecular flexibility index (Phi) is 5.40. The number of carbonyl (C=O) groups is 1. The van der Waals surface area contributed by atoms with Crippen LogP contribution in [0, 0.1) is 0 Å². The smallest absolute Gasteiger partial charge is 0.433 e. The molecule has 1 aliphatic heterocycles. The van der Waals surface area contributed by atoms with Crippen LogP contribution < -0.4 is 4.74 Å². The zero-order chi connectivity index (χ0) is 21.3. The van der Waals surface area contributed by atoms with Crippen LogP contribution >= 0.6 is 0 Å². The summed E-state index contributed by atoms with van der Waals surface area (Å²) in [4.78, 5) is 21.4. The SMILES string of the molecule is COc1cccc(CC(=O)N2CCC(c3cc4nc(C(F)(F)F)ccc4[nH]3)CC2)c1. The number of nitrogens with zero attached hydrogens (tertiary/aromatic N) is 2. The van der Waals surface area contributed by atoms with Crippen LogP contribution in [0.3, 0.4) is 0 Å². The van der Waals surface area contributed by atoms with Crippen molar-refractivity contribution in [3.05, 3.63) is 59.4 Å². The Balaban J connectivity index is 1.39. The van der Waals surface area contributed by atoms with E-state index in [2.05, 4.69) is 9.97 Å². The van der Waals surface area contributed by atoms with Gasteiger partial charge in [0.2, 0.25) is 5.91 Å². The van der Waals surface area contributed by atoms with Crippen LogP contribution in [0.2, 0.25) is 0 Å². The molecular weight excluding hydrogens is 395 g/mol. The number of methoxy groups -OCH3 is 1. The second-order valence-electron chi connectivity index (χ2n) is 7.54. The minimum absolute atomic E-state index is 0.0647. The molecule has 1 aromatic carbocycles. The number of rotatable bonds is 4. The van der Waals surface area contributed by atoms with Gasteiger partial charge in [0.15, 0.2) is 0 Å². The van der Waals surface area contributed by atoms with Gasteiger partial charge < -0.3 is 14.6 Å². The third kappa shape index (κ3) is 4.27. The average Bonchev–Trinajstić information content (AvgIpc) is 3.17. The average molecular weight is 417 g/mol. The second kappa shape index (κ2) is 8.01. The lowest BCUT2D eigenvalue weighted by Crippen LogP contribution is -2.38. The number of alkyl halides is 3. The normalized spacial score (nSPS) is 15.5. The zero-order valence-electron chi connectivity index (χ0n) is 16.5. The quantitative estimate of drug-likeness (QED) is 0.678. The van der Waals surface area contributed by atoms with Gasteiger partial charge in [-0.2, -0.15) is 13.2 Å². The molecule has 0 radical (unpaired) electrons. The number of piperidine rings is 1. The fourth-order valence-electron chi connectivity index (χ4n) is 3.92. The molecular formula is C22H22F3N3O2. The molecule has 0 aliphatic carbocycles. The lowest BCUT2D eigenvalue weighted by Gasteiger charge is -2.31. The standard InChI is InChI=1S/C22H22F3N3O2/c1-30-16-4-2-3-14(11-16)12-21(29)28-9-7-15(8-10-28)18-13-19-17(26-18)5-6-20(27-19)22(23,24)25/h2-6,11,13,15,26H,7-10,12H2,1H3. The van der Waals surface area contributed by atoms with Gasteiger partial charge in [-0.05, 0) is 48.7 Å². The Hall–Kier alpha value is -3.03. The van der Waals surface area contributed by atoms with Gasteiger partial charge in [-0.3, -0.25) is 4.79 Å². The molecule has 30 heavy (non-hydrogen) atoms. The maximum absolute atomic E-state index is 12.9. The molecule has 0 unspecified atom stereocenters. The fourth-order valence-corrected chi connectivity index (χ4v) is 3.92. The van der Waals surface area contributed by atoms with Crippen LogP contribution in [0.1, 0.15) is 35.7 Å². The number of halogens is 3. The molecule has 3 aromatic rings. The van der Waals surface area contributed by atoms with Crippen LogP contribution in [-0.4, -0.2) is 41.0 Å². The van der Waals surface area contributed by atoms with Crippen molar-refractivity contribution >= 4 is 16.9 Å². The van der Waals surface area contributed by atoms with Crippen molar-refractivity contribution in [2.45, 2.75) is 31.4 Å². The third-order valence-electron chi connectivity index (χ3n) is 5.56. The summed E-state index contributed by atoms with van der Waals surface area (Å²) in [6, 6.07) is 11.6. The van der Waals surface area contributed by atoms with Crippen molar-refractivity contribution in [2.24, 2.45) is 0 Å². The number of amides is 1. The molecule has 1 saturated heterocycles. The number of hydrogen-bond donors (Lipinski definition) is 1. The first-order valence-corrected chi connectivity index (χ1v) is 9.81. The lowest BCUT2D eigenvalue weighted by molar-refractivity contribution is -0.141. The largest absolute Gasteiger partial charge is 0.497 e. The number of aromatic amines is 1. The zero-order valence-corrected chi connectivity index (χ0v) is 16.5. The van der Waals surface area contributed by atoms with Gasteiger partial charge in [0.25, 0.3) is 0 Å². The number of nitrogens with one attached hydrogen (secondary N) is 1. The van der Waals surface area contributed by atoms with Crippen molar-refractivity contribution in [1.29, 1.82) is 0 Å². The number of hydrogen-bond acceptors (Lipinski definition) is 3. The van der Waals surface area contributed by atoms with Crippen molar-refractivity contribution in [1.82, 2.24) is 14.9 Å². The Labute approximate surface area is 171 Å². The predicted octanol–water partition coefficient (Wildman–Crippen LogP) is 4.54. The van der Waals surface area contributed by atoms with Gasteiger partial charge in [-0.15, -0.1) is 0 Å².